The van der Waals surface area contributed by atoms with Gasteiger partial charge in [-0.2, -0.15) is 0 Å². The smallest absolute Gasteiger partial charge is 0.119 e. The van der Waals surface area contributed by atoms with Gasteiger partial charge in [0.25, 0.3) is 0 Å². The fourth-order valence-corrected chi connectivity index (χ4v) is 2.26. The van der Waals surface area contributed by atoms with E-state index >= 15 is 0 Å². The molecule has 0 saturated carbocycles. The number of rotatable bonds is 14. The number of likely N-dealkylation sites (N-methyl/N-ethyl adjacent to an activating group) is 1. The molecular weight excluding hydrogens is 330 g/mol. The quantitative estimate of drug-likeness (QED) is 0.375. The van der Waals surface area contributed by atoms with Crippen LogP contribution in [0.25, 0.3) is 0 Å². The maximum Gasteiger partial charge on any atom is 0.119 e. The molecule has 1 aromatic rings. The number of hydrogen-bond acceptors (Lipinski definition) is 5. The maximum atomic E-state index is 5.70. The first-order chi connectivity index (χ1) is 12.7. The SMILES string of the molecule is CC#CCN(C)[C@H](C)Cc1ccc(OCCOCCOCCOC)cc1. The zero-order chi connectivity index (χ0) is 19.0. The van der Waals surface area contributed by atoms with E-state index in [4.69, 9.17) is 18.9 Å². The van der Waals surface area contributed by atoms with Gasteiger partial charge in [0.15, 0.2) is 0 Å². The molecule has 5 heteroatoms. The van der Waals surface area contributed by atoms with Crippen LogP contribution >= 0.6 is 0 Å². The standard InChI is InChI=1S/C21H33NO4/c1-5-6-11-22(3)19(2)18-20-7-9-21(10-8-20)26-17-16-25-15-14-24-13-12-23-4/h7-10,19H,11-18H2,1-4H3/t19-/m1/s1. The van der Waals surface area contributed by atoms with Gasteiger partial charge in [-0.15, -0.1) is 5.92 Å². The Hall–Kier alpha value is -1.58. The second-order valence-electron chi connectivity index (χ2n) is 6.10. The third-order valence-electron chi connectivity index (χ3n) is 4.01. The van der Waals surface area contributed by atoms with Gasteiger partial charge < -0.3 is 18.9 Å². The summed E-state index contributed by atoms with van der Waals surface area (Å²) in [7, 11) is 3.76. The van der Waals surface area contributed by atoms with Gasteiger partial charge in [0, 0.05) is 13.2 Å². The Kier molecular flexibility index (Phi) is 12.6. The molecule has 1 rings (SSSR count). The summed E-state index contributed by atoms with van der Waals surface area (Å²) in [6, 6.07) is 8.72. The highest BCUT2D eigenvalue weighted by Crippen LogP contribution is 2.14. The minimum atomic E-state index is 0.446. The van der Waals surface area contributed by atoms with E-state index in [1.807, 2.05) is 19.1 Å². The van der Waals surface area contributed by atoms with Crippen LogP contribution in [0.3, 0.4) is 0 Å². The van der Waals surface area contributed by atoms with Crippen LogP contribution in [-0.2, 0) is 20.6 Å². The Labute approximate surface area is 158 Å². The Morgan fingerprint density at radius 3 is 2.19 bits per heavy atom. The molecule has 26 heavy (non-hydrogen) atoms. The van der Waals surface area contributed by atoms with Gasteiger partial charge in [-0.05, 0) is 45.0 Å². The fourth-order valence-electron chi connectivity index (χ4n) is 2.26. The first-order valence-corrected chi connectivity index (χ1v) is 9.13. The zero-order valence-electron chi connectivity index (χ0n) is 16.6. The molecule has 0 fully saturated rings. The lowest BCUT2D eigenvalue weighted by Crippen LogP contribution is -2.31. The minimum Gasteiger partial charge on any atom is -0.491 e. The summed E-state index contributed by atoms with van der Waals surface area (Å²) >= 11 is 0. The second-order valence-corrected chi connectivity index (χ2v) is 6.10. The Morgan fingerprint density at radius 2 is 1.58 bits per heavy atom. The summed E-state index contributed by atoms with van der Waals surface area (Å²) in [4.78, 5) is 2.26. The van der Waals surface area contributed by atoms with Crippen molar-refractivity contribution < 1.29 is 18.9 Å². The highest BCUT2D eigenvalue weighted by molar-refractivity contribution is 5.27. The van der Waals surface area contributed by atoms with Gasteiger partial charge in [0.2, 0.25) is 0 Å². The van der Waals surface area contributed by atoms with E-state index in [1.54, 1.807) is 7.11 Å². The summed E-state index contributed by atoms with van der Waals surface area (Å²) in [5.74, 6) is 6.91. The molecule has 0 aliphatic rings. The van der Waals surface area contributed by atoms with Crippen LogP contribution in [0.15, 0.2) is 24.3 Å². The van der Waals surface area contributed by atoms with E-state index in [1.165, 1.54) is 5.56 Å². The number of hydrogen-bond donors (Lipinski definition) is 0. The van der Waals surface area contributed by atoms with Crippen molar-refractivity contribution in [1.82, 2.24) is 4.90 Å². The summed E-state index contributed by atoms with van der Waals surface area (Å²) in [6.07, 6.45) is 0.994. The van der Waals surface area contributed by atoms with Crippen molar-refractivity contribution >= 4 is 0 Å². The lowest BCUT2D eigenvalue weighted by atomic mass is 10.1. The van der Waals surface area contributed by atoms with Gasteiger partial charge in [0.1, 0.15) is 12.4 Å². The lowest BCUT2D eigenvalue weighted by Gasteiger charge is -2.22. The molecule has 146 valence electrons. The molecule has 1 atom stereocenters. The summed E-state index contributed by atoms with van der Waals surface area (Å²) in [6.45, 7) is 8.34. The molecule has 0 unspecified atom stereocenters. The molecule has 0 heterocycles. The van der Waals surface area contributed by atoms with Crippen molar-refractivity contribution in [3.8, 4) is 17.6 Å². The first kappa shape index (κ1) is 22.5. The van der Waals surface area contributed by atoms with Crippen LogP contribution in [-0.4, -0.2) is 71.3 Å². The van der Waals surface area contributed by atoms with E-state index in [-0.39, 0.29) is 0 Å². The van der Waals surface area contributed by atoms with Crippen molar-refractivity contribution in [2.45, 2.75) is 26.3 Å². The molecule has 5 nitrogen and oxygen atoms in total. The molecule has 0 aliphatic carbocycles. The number of benzene rings is 1. The molecule has 0 spiro atoms. The second kappa shape index (κ2) is 14.6. The van der Waals surface area contributed by atoms with Crippen molar-refractivity contribution in [3.05, 3.63) is 29.8 Å². The molecule has 0 amide bonds. The third-order valence-corrected chi connectivity index (χ3v) is 4.01. The largest absolute Gasteiger partial charge is 0.491 e. The molecule has 0 radical (unpaired) electrons. The summed E-state index contributed by atoms with van der Waals surface area (Å²) < 4.78 is 21.4. The Morgan fingerprint density at radius 1 is 0.962 bits per heavy atom. The predicted octanol–water partition coefficient (Wildman–Crippen LogP) is 2.63. The first-order valence-electron chi connectivity index (χ1n) is 9.13. The van der Waals surface area contributed by atoms with Crippen LogP contribution in [0.1, 0.15) is 19.4 Å². The molecular formula is C21H33NO4. The van der Waals surface area contributed by atoms with Crippen molar-refractivity contribution in [3.63, 3.8) is 0 Å². The van der Waals surface area contributed by atoms with Crippen LogP contribution in [0.5, 0.6) is 5.75 Å². The van der Waals surface area contributed by atoms with Gasteiger partial charge in [0.05, 0.1) is 39.6 Å². The van der Waals surface area contributed by atoms with Crippen LogP contribution in [0, 0.1) is 11.8 Å². The molecule has 0 bridgehead atoms. The maximum absolute atomic E-state index is 5.70. The minimum absolute atomic E-state index is 0.446. The summed E-state index contributed by atoms with van der Waals surface area (Å²) in [5.41, 5.74) is 1.30. The van der Waals surface area contributed by atoms with E-state index in [2.05, 4.69) is 42.8 Å². The van der Waals surface area contributed by atoms with E-state index in [9.17, 15) is 0 Å². The molecule has 0 N–H and O–H groups in total. The topological polar surface area (TPSA) is 40.2 Å². The molecule has 0 aliphatic heterocycles. The van der Waals surface area contributed by atoms with Gasteiger partial charge in [-0.3, -0.25) is 4.90 Å². The number of methoxy groups -OCH3 is 1. The number of ether oxygens (including phenoxy) is 4. The van der Waals surface area contributed by atoms with Crippen molar-refractivity contribution in [2.75, 3.05) is 60.3 Å². The number of nitrogens with zero attached hydrogens (tertiary/aromatic N) is 1. The highest BCUT2D eigenvalue weighted by Gasteiger charge is 2.08. The Balaban J connectivity index is 2.17. The van der Waals surface area contributed by atoms with E-state index < -0.39 is 0 Å². The van der Waals surface area contributed by atoms with Crippen LogP contribution in [0.4, 0.5) is 0 Å². The van der Waals surface area contributed by atoms with E-state index in [0.29, 0.717) is 45.7 Å². The molecule has 1 aromatic carbocycles. The van der Waals surface area contributed by atoms with Crippen molar-refractivity contribution in [1.29, 1.82) is 0 Å². The average Bonchev–Trinajstić information content (AvgIpc) is 2.66. The molecule has 0 saturated heterocycles. The zero-order valence-corrected chi connectivity index (χ0v) is 16.6. The monoisotopic (exact) mass is 363 g/mol. The Bertz CT molecular complexity index is 521. The lowest BCUT2D eigenvalue weighted by molar-refractivity contribution is 0.0180. The average molecular weight is 363 g/mol. The normalized spacial score (nSPS) is 11.9. The van der Waals surface area contributed by atoms with Gasteiger partial charge in [-0.1, -0.05) is 18.1 Å². The molecule has 0 aromatic heterocycles. The van der Waals surface area contributed by atoms with E-state index in [0.717, 1.165) is 18.7 Å². The van der Waals surface area contributed by atoms with Crippen LogP contribution in [0.2, 0.25) is 0 Å². The highest BCUT2D eigenvalue weighted by atomic mass is 16.6. The third kappa shape index (κ3) is 10.4. The fraction of sp³-hybridized carbons (Fsp3) is 0.619. The van der Waals surface area contributed by atoms with Crippen LogP contribution < -0.4 is 4.74 Å². The van der Waals surface area contributed by atoms with Crippen molar-refractivity contribution in [2.24, 2.45) is 0 Å². The summed E-state index contributed by atoms with van der Waals surface area (Å²) in [5, 5.41) is 0. The van der Waals surface area contributed by atoms with Gasteiger partial charge >= 0.3 is 0 Å². The van der Waals surface area contributed by atoms with Gasteiger partial charge in [-0.25, -0.2) is 0 Å². The predicted molar refractivity (Wildman–Crippen MR) is 105 cm³/mol.